The molecule has 1 atom stereocenters. The van der Waals surface area contributed by atoms with Gasteiger partial charge in [-0.25, -0.2) is 0 Å². The van der Waals surface area contributed by atoms with Crippen LogP contribution in [0.4, 0.5) is 0 Å². The van der Waals surface area contributed by atoms with Crippen LogP contribution < -0.4 is 0 Å². The second kappa shape index (κ2) is 38.9. The second-order valence-corrected chi connectivity index (χ2v) is 13.1. The van der Waals surface area contributed by atoms with E-state index < -0.39 is 6.10 Å². The van der Waals surface area contributed by atoms with Crippen molar-refractivity contribution in [2.24, 2.45) is 0 Å². The van der Waals surface area contributed by atoms with Crippen LogP contribution in [-0.4, -0.2) is 37.2 Å². The molecule has 0 aromatic heterocycles. The molecular weight excluding hydrogens is 624 g/mol. The molecule has 0 saturated carbocycles. The fourth-order valence-electron chi connectivity index (χ4n) is 5.27. The Balaban J connectivity index is 4.47. The predicted octanol–water partition coefficient (Wildman–Crippen LogP) is 12.6. The molecule has 6 nitrogen and oxygen atoms in total. The minimum atomic E-state index is -0.807. The summed E-state index contributed by atoms with van der Waals surface area (Å²) in [5.41, 5.74) is 0. The Morgan fingerprint density at radius 1 is 0.420 bits per heavy atom. The minimum Gasteiger partial charge on any atom is -0.462 e. The summed E-state index contributed by atoms with van der Waals surface area (Å²) in [5.74, 6) is -1.01. The molecule has 0 N–H and O–H groups in total. The largest absolute Gasteiger partial charge is 0.462 e. The maximum absolute atomic E-state index is 12.6. The van der Waals surface area contributed by atoms with Crippen molar-refractivity contribution >= 4 is 17.9 Å². The number of rotatable bonds is 35. The van der Waals surface area contributed by atoms with Crippen LogP contribution in [-0.2, 0) is 28.6 Å². The molecule has 0 spiro atoms. The summed E-state index contributed by atoms with van der Waals surface area (Å²) in [6.07, 6.45) is 45.1. The Morgan fingerprint density at radius 2 is 0.800 bits per heavy atom. The van der Waals surface area contributed by atoms with Gasteiger partial charge in [-0.2, -0.15) is 0 Å². The lowest BCUT2D eigenvalue weighted by molar-refractivity contribution is -0.167. The van der Waals surface area contributed by atoms with Crippen LogP contribution in [0.1, 0.15) is 181 Å². The average molecular weight is 699 g/mol. The Kier molecular flexibility index (Phi) is 36.7. The molecule has 0 amide bonds. The third-order valence-electron chi connectivity index (χ3n) is 8.27. The Morgan fingerprint density at radius 3 is 1.28 bits per heavy atom. The molecule has 0 aliphatic heterocycles. The van der Waals surface area contributed by atoms with E-state index >= 15 is 0 Å². The normalized spacial score (nSPS) is 12.6. The van der Waals surface area contributed by atoms with E-state index in [4.69, 9.17) is 14.2 Å². The number of esters is 3. The average Bonchev–Trinajstić information content (AvgIpc) is 3.11. The molecule has 1 unspecified atom stereocenters. The van der Waals surface area contributed by atoms with Gasteiger partial charge >= 0.3 is 17.9 Å². The van der Waals surface area contributed by atoms with E-state index in [-0.39, 0.29) is 37.5 Å². The molecule has 286 valence electrons. The highest BCUT2D eigenvalue weighted by Crippen LogP contribution is 2.13. The smallest absolute Gasteiger partial charge is 0.306 e. The van der Waals surface area contributed by atoms with E-state index in [1.165, 1.54) is 57.8 Å². The van der Waals surface area contributed by atoms with Gasteiger partial charge in [-0.3, -0.25) is 14.4 Å². The first-order valence-electron chi connectivity index (χ1n) is 20.3. The lowest BCUT2D eigenvalue weighted by Gasteiger charge is -2.18. The molecule has 0 radical (unpaired) electrons. The summed E-state index contributed by atoms with van der Waals surface area (Å²) in [5, 5.41) is 0. The highest BCUT2D eigenvalue weighted by atomic mass is 16.6. The number of allylic oxidation sites excluding steroid dienone is 10. The van der Waals surface area contributed by atoms with Crippen molar-refractivity contribution in [3.05, 3.63) is 60.8 Å². The highest BCUT2D eigenvalue weighted by Gasteiger charge is 2.19. The van der Waals surface area contributed by atoms with Crippen molar-refractivity contribution in [2.75, 3.05) is 13.2 Å². The topological polar surface area (TPSA) is 78.9 Å². The van der Waals surface area contributed by atoms with E-state index in [1.807, 2.05) is 0 Å². The SMILES string of the molecule is CC/C=C\C/C=C\C/C=C\CCCC(=O)OC(COC(=O)CCCC/C=C\C/C=C\CC)COC(=O)CCCCCCCCCCCCCC. The summed E-state index contributed by atoms with van der Waals surface area (Å²) in [6, 6.07) is 0. The summed E-state index contributed by atoms with van der Waals surface area (Å²) in [4.78, 5) is 37.4. The van der Waals surface area contributed by atoms with Gasteiger partial charge in [0.2, 0.25) is 0 Å². The fraction of sp³-hybridized carbons (Fsp3) is 0.705. The van der Waals surface area contributed by atoms with Crippen LogP contribution >= 0.6 is 0 Å². The lowest BCUT2D eigenvalue weighted by atomic mass is 10.0. The molecule has 0 rings (SSSR count). The molecule has 0 bridgehead atoms. The van der Waals surface area contributed by atoms with Crippen molar-refractivity contribution in [3.63, 3.8) is 0 Å². The van der Waals surface area contributed by atoms with Gasteiger partial charge in [-0.15, -0.1) is 0 Å². The van der Waals surface area contributed by atoms with Gasteiger partial charge in [0.25, 0.3) is 0 Å². The summed E-state index contributed by atoms with van der Waals surface area (Å²) < 4.78 is 16.5. The third-order valence-corrected chi connectivity index (χ3v) is 8.27. The summed E-state index contributed by atoms with van der Waals surface area (Å²) in [6.45, 7) is 6.28. The van der Waals surface area contributed by atoms with Gasteiger partial charge < -0.3 is 14.2 Å². The molecule has 0 aromatic rings. The number of unbranched alkanes of at least 4 members (excludes halogenated alkanes) is 14. The number of hydrogen-bond donors (Lipinski definition) is 0. The Labute approximate surface area is 307 Å². The van der Waals surface area contributed by atoms with Crippen molar-refractivity contribution in [1.82, 2.24) is 0 Å². The fourth-order valence-corrected chi connectivity index (χ4v) is 5.27. The van der Waals surface area contributed by atoms with Crippen LogP contribution in [0.25, 0.3) is 0 Å². The first-order valence-corrected chi connectivity index (χ1v) is 20.3. The molecule has 0 aromatic carbocycles. The second-order valence-electron chi connectivity index (χ2n) is 13.1. The van der Waals surface area contributed by atoms with E-state index in [2.05, 4.69) is 81.5 Å². The third kappa shape index (κ3) is 36.4. The number of carbonyl (C=O) groups excluding carboxylic acids is 3. The van der Waals surface area contributed by atoms with Gasteiger partial charge in [0.15, 0.2) is 6.10 Å². The lowest BCUT2D eigenvalue weighted by Crippen LogP contribution is -2.30. The summed E-state index contributed by atoms with van der Waals surface area (Å²) in [7, 11) is 0. The van der Waals surface area contributed by atoms with Gasteiger partial charge in [0, 0.05) is 19.3 Å². The molecular formula is C44H74O6. The number of ether oxygens (including phenoxy) is 3. The predicted molar refractivity (Wildman–Crippen MR) is 210 cm³/mol. The molecule has 0 heterocycles. The van der Waals surface area contributed by atoms with Gasteiger partial charge in [-0.05, 0) is 70.6 Å². The van der Waals surface area contributed by atoms with Crippen LogP contribution in [0.2, 0.25) is 0 Å². The monoisotopic (exact) mass is 699 g/mol. The maximum Gasteiger partial charge on any atom is 0.306 e. The van der Waals surface area contributed by atoms with Crippen molar-refractivity contribution in [3.8, 4) is 0 Å². The first-order chi connectivity index (χ1) is 24.5. The van der Waals surface area contributed by atoms with E-state index in [0.717, 1.165) is 77.0 Å². The van der Waals surface area contributed by atoms with Crippen LogP contribution in [0.3, 0.4) is 0 Å². The zero-order chi connectivity index (χ0) is 36.6. The van der Waals surface area contributed by atoms with Gasteiger partial charge in [-0.1, -0.05) is 152 Å². The van der Waals surface area contributed by atoms with E-state index in [0.29, 0.717) is 19.3 Å². The van der Waals surface area contributed by atoms with E-state index in [1.54, 1.807) is 0 Å². The molecule has 50 heavy (non-hydrogen) atoms. The maximum atomic E-state index is 12.6. The zero-order valence-corrected chi connectivity index (χ0v) is 32.4. The Bertz CT molecular complexity index is 944. The van der Waals surface area contributed by atoms with Crippen LogP contribution in [0.5, 0.6) is 0 Å². The molecule has 0 saturated heterocycles. The number of carbonyl (C=O) groups is 3. The van der Waals surface area contributed by atoms with E-state index in [9.17, 15) is 14.4 Å². The van der Waals surface area contributed by atoms with Crippen molar-refractivity contribution < 1.29 is 28.6 Å². The molecule has 0 aliphatic rings. The molecule has 0 fully saturated rings. The highest BCUT2D eigenvalue weighted by molar-refractivity contribution is 5.71. The molecule has 6 heteroatoms. The van der Waals surface area contributed by atoms with Crippen molar-refractivity contribution in [1.29, 1.82) is 0 Å². The van der Waals surface area contributed by atoms with Crippen LogP contribution in [0.15, 0.2) is 60.8 Å². The zero-order valence-electron chi connectivity index (χ0n) is 32.4. The first kappa shape index (κ1) is 47.1. The Hall–Kier alpha value is -2.89. The van der Waals surface area contributed by atoms with Gasteiger partial charge in [0.1, 0.15) is 13.2 Å². The minimum absolute atomic E-state index is 0.104. The van der Waals surface area contributed by atoms with Crippen LogP contribution in [0, 0.1) is 0 Å². The van der Waals surface area contributed by atoms with Crippen molar-refractivity contribution in [2.45, 2.75) is 187 Å². The number of hydrogen-bond acceptors (Lipinski definition) is 6. The van der Waals surface area contributed by atoms with Gasteiger partial charge in [0.05, 0.1) is 0 Å². The summed E-state index contributed by atoms with van der Waals surface area (Å²) >= 11 is 0. The quantitative estimate of drug-likeness (QED) is 0.0284. The molecule has 0 aliphatic carbocycles. The standard InChI is InChI=1S/C44H74O6/c1-4-7-10-13-16-19-21-23-25-28-31-34-37-43(46)49-40-41(39-48-42(45)36-33-30-27-24-18-15-12-9-6-3)50-44(47)38-35-32-29-26-22-20-17-14-11-8-5-2/h8-9,11-12,17-18,20,24,26,29,41H,4-7,10,13-16,19,21-23,25,27-28,30-40H2,1-3H3/b11-8-,12-9-,20-17-,24-18-,29-26-.